The summed E-state index contributed by atoms with van der Waals surface area (Å²) < 4.78 is 11.5. The number of pyridine rings is 1. The van der Waals surface area contributed by atoms with Gasteiger partial charge in [0, 0.05) is 32.4 Å². The van der Waals surface area contributed by atoms with Crippen molar-refractivity contribution in [2.24, 2.45) is 0 Å². The molecule has 2 aliphatic rings. The normalized spacial score (nSPS) is 23.7. The summed E-state index contributed by atoms with van der Waals surface area (Å²) in [6.07, 6.45) is 7.40. The highest BCUT2D eigenvalue weighted by Crippen LogP contribution is 2.36. The van der Waals surface area contributed by atoms with E-state index in [1.165, 1.54) is 25.8 Å². The van der Waals surface area contributed by atoms with Gasteiger partial charge in [0.2, 0.25) is 5.82 Å². The molecule has 27 heavy (non-hydrogen) atoms. The first-order valence-corrected chi connectivity index (χ1v) is 9.93. The predicted molar refractivity (Wildman–Crippen MR) is 102 cm³/mol. The van der Waals surface area contributed by atoms with Crippen LogP contribution in [0.15, 0.2) is 28.9 Å². The van der Waals surface area contributed by atoms with Crippen LogP contribution in [0.1, 0.15) is 38.0 Å². The molecule has 0 bridgehead atoms. The van der Waals surface area contributed by atoms with E-state index in [0.29, 0.717) is 11.7 Å². The third-order valence-electron chi connectivity index (χ3n) is 6.21. The molecule has 0 saturated carbocycles. The molecule has 2 aromatic heterocycles. The van der Waals surface area contributed by atoms with Gasteiger partial charge in [0.25, 0.3) is 5.89 Å². The van der Waals surface area contributed by atoms with Gasteiger partial charge in [-0.1, -0.05) is 11.2 Å². The van der Waals surface area contributed by atoms with Gasteiger partial charge in [-0.15, -0.1) is 0 Å². The van der Waals surface area contributed by atoms with Crippen molar-refractivity contribution in [3.63, 3.8) is 0 Å². The highest BCUT2D eigenvalue weighted by atomic mass is 16.5. The number of aromatic nitrogens is 3. The number of methoxy groups -OCH3 is 1. The highest BCUT2D eigenvalue weighted by Gasteiger charge is 2.41. The van der Waals surface area contributed by atoms with Gasteiger partial charge < -0.3 is 19.1 Å². The molecular weight excluding hydrogens is 342 g/mol. The van der Waals surface area contributed by atoms with Crippen molar-refractivity contribution in [2.45, 2.75) is 43.7 Å². The fraction of sp³-hybridized carbons (Fsp3) is 0.650. The van der Waals surface area contributed by atoms with E-state index >= 15 is 0 Å². The Bertz CT molecular complexity index is 727. The Labute approximate surface area is 160 Å². The van der Waals surface area contributed by atoms with Gasteiger partial charge in [-0.25, -0.2) is 0 Å². The molecule has 7 nitrogen and oxygen atoms in total. The molecule has 0 aliphatic carbocycles. The first-order chi connectivity index (χ1) is 13.2. The number of nitrogens with zero attached hydrogens (tertiary/aromatic N) is 5. The van der Waals surface area contributed by atoms with E-state index in [-0.39, 0.29) is 0 Å². The minimum atomic E-state index is -0.485. The van der Waals surface area contributed by atoms with E-state index in [4.69, 9.17) is 9.26 Å². The first-order valence-electron chi connectivity index (χ1n) is 9.93. The van der Waals surface area contributed by atoms with Crippen molar-refractivity contribution in [1.82, 2.24) is 24.9 Å². The van der Waals surface area contributed by atoms with Crippen molar-refractivity contribution in [1.29, 1.82) is 0 Å². The summed E-state index contributed by atoms with van der Waals surface area (Å²) >= 11 is 0. The van der Waals surface area contributed by atoms with Crippen LogP contribution in [0.5, 0.6) is 0 Å². The van der Waals surface area contributed by atoms with E-state index in [2.05, 4.69) is 32.0 Å². The number of rotatable bonds is 6. The van der Waals surface area contributed by atoms with Gasteiger partial charge in [0.15, 0.2) is 0 Å². The van der Waals surface area contributed by atoms with Crippen molar-refractivity contribution in [2.75, 3.05) is 40.3 Å². The molecule has 0 radical (unpaired) electrons. The summed E-state index contributed by atoms with van der Waals surface area (Å²) in [5.41, 5.74) is 0.234. The number of hydrogen-bond acceptors (Lipinski definition) is 7. The lowest BCUT2D eigenvalue weighted by atomic mass is 9.90. The fourth-order valence-corrected chi connectivity index (χ4v) is 4.33. The van der Waals surface area contributed by atoms with E-state index < -0.39 is 5.60 Å². The standard InChI is InChI=1S/C20H29N5O2/c1-24-12-5-6-16(24)8-13-25-14-9-20(26-2,10-15-25)19-22-18(23-27-19)17-7-3-4-11-21-17/h3-4,7,11,16H,5-6,8-10,12-15H2,1-2H3/t16-/m0/s1. The van der Waals surface area contributed by atoms with Crippen LogP contribution in [0.2, 0.25) is 0 Å². The average Bonchev–Trinajstić information content (AvgIpc) is 3.37. The molecule has 7 heteroatoms. The quantitative estimate of drug-likeness (QED) is 0.773. The molecule has 1 atom stereocenters. The molecule has 0 spiro atoms. The van der Waals surface area contributed by atoms with Crippen LogP contribution in [0.25, 0.3) is 11.5 Å². The molecule has 4 heterocycles. The third kappa shape index (κ3) is 3.90. The van der Waals surface area contributed by atoms with Crippen molar-refractivity contribution < 1.29 is 9.26 Å². The minimum absolute atomic E-state index is 0.485. The Kier molecular flexibility index (Phi) is 5.52. The molecule has 0 aromatic carbocycles. The summed E-state index contributed by atoms with van der Waals surface area (Å²) in [5.74, 6) is 1.09. The van der Waals surface area contributed by atoms with Crippen LogP contribution < -0.4 is 0 Å². The van der Waals surface area contributed by atoms with Gasteiger partial charge in [-0.05, 0) is 64.4 Å². The highest BCUT2D eigenvalue weighted by molar-refractivity contribution is 5.47. The largest absolute Gasteiger partial charge is 0.368 e. The Morgan fingerprint density at radius 2 is 2.11 bits per heavy atom. The summed E-state index contributed by atoms with van der Waals surface area (Å²) in [4.78, 5) is 13.9. The second kappa shape index (κ2) is 8.04. The number of piperidine rings is 1. The van der Waals surface area contributed by atoms with Gasteiger partial charge in [-0.2, -0.15) is 4.98 Å². The maximum atomic E-state index is 5.91. The number of likely N-dealkylation sites (tertiary alicyclic amines) is 2. The van der Waals surface area contributed by atoms with Gasteiger partial charge in [0.1, 0.15) is 11.3 Å². The molecule has 2 saturated heterocycles. The maximum absolute atomic E-state index is 5.91. The first kappa shape index (κ1) is 18.5. The SMILES string of the molecule is COC1(c2nc(-c3ccccn3)no2)CCN(CC[C@@H]2CCCN2C)CC1. The van der Waals surface area contributed by atoms with Crippen molar-refractivity contribution >= 4 is 0 Å². The summed E-state index contributed by atoms with van der Waals surface area (Å²) in [7, 11) is 3.99. The zero-order valence-electron chi connectivity index (χ0n) is 16.3. The lowest BCUT2D eigenvalue weighted by molar-refractivity contribution is -0.0831. The van der Waals surface area contributed by atoms with Gasteiger partial charge in [0.05, 0.1) is 0 Å². The maximum Gasteiger partial charge on any atom is 0.259 e. The lowest BCUT2D eigenvalue weighted by Crippen LogP contribution is -2.45. The molecule has 0 unspecified atom stereocenters. The number of ether oxygens (including phenoxy) is 1. The Balaban J connectivity index is 1.37. The molecule has 146 valence electrons. The van der Waals surface area contributed by atoms with Gasteiger partial charge in [-0.3, -0.25) is 4.98 Å². The summed E-state index contributed by atoms with van der Waals surface area (Å²) in [6, 6.07) is 6.43. The summed E-state index contributed by atoms with van der Waals surface area (Å²) in [6.45, 7) is 4.38. The predicted octanol–water partition coefficient (Wildman–Crippen LogP) is 2.55. The lowest BCUT2D eigenvalue weighted by Gasteiger charge is -2.38. The van der Waals surface area contributed by atoms with Crippen LogP contribution in [0, 0.1) is 0 Å². The minimum Gasteiger partial charge on any atom is -0.368 e. The van der Waals surface area contributed by atoms with Gasteiger partial charge >= 0.3 is 0 Å². The molecular formula is C20H29N5O2. The molecule has 2 fully saturated rings. The van der Waals surface area contributed by atoms with E-state index in [0.717, 1.165) is 44.2 Å². The monoisotopic (exact) mass is 371 g/mol. The van der Waals surface area contributed by atoms with Crippen LogP contribution in [0.3, 0.4) is 0 Å². The average molecular weight is 371 g/mol. The van der Waals surface area contributed by atoms with Crippen molar-refractivity contribution in [3.8, 4) is 11.5 Å². The van der Waals surface area contributed by atoms with E-state index in [9.17, 15) is 0 Å². The topological polar surface area (TPSA) is 67.5 Å². The Morgan fingerprint density at radius 3 is 2.78 bits per heavy atom. The van der Waals surface area contributed by atoms with E-state index in [1.807, 2.05) is 18.2 Å². The zero-order chi connectivity index (χ0) is 18.7. The second-order valence-corrected chi connectivity index (χ2v) is 7.74. The Morgan fingerprint density at radius 1 is 1.26 bits per heavy atom. The fourth-order valence-electron chi connectivity index (χ4n) is 4.33. The van der Waals surface area contributed by atoms with Crippen LogP contribution in [-0.2, 0) is 10.3 Å². The van der Waals surface area contributed by atoms with Crippen LogP contribution >= 0.6 is 0 Å². The van der Waals surface area contributed by atoms with Crippen molar-refractivity contribution in [3.05, 3.63) is 30.3 Å². The number of hydrogen-bond donors (Lipinski definition) is 0. The molecule has 2 aliphatic heterocycles. The molecule has 0 N–H and O–H groups in total. The zero-order valence-corrected chi connectivity index (χ0v) is 16.3. The molecule has 4 rings (SSSR count). The Hall–Kier alpha value is -1.83. The van der Waals surface area contributed by atoms with E-state index in [1.54, 1.807) is 13.3 Å². The molecule has 2 aromatic rings. The second-order valence-electron chi connectivity index (χ2n) is 7.74. The van der Waals surface area contributed by atoms with Crippen LogP contribution in [-0.4, -0.2) is 71.3 Å². The molecule has 0 amide bonds. The van der Waals surface area contributed by atoms with Crippen LogP contribution in [0.4, 0.5) is 0 Å². The summed E-state index contributed by atoms with van der Waals surface area (Å²) in [5, 5.41) is 4.12. The smallest absolute Gasteiger partial charge is 0.259 e. The third-order valence-corrected chi connectivity index (χ3v) is 6.21.